The van der Waals surface area contributed by atoms with Gasteiger partial charge in [-0.15, -0.1) is 0 Å². The highest BCUT2D eigenvalue weighted by molar-refractivity contribution is 6.20. The summed E-state index contributed by atoms with van der Waals surface area (Å²) >= 11 is 0. The van der Waals surface area contributed by atoms with Gasteiger partial charge in [-0.25, -0.2) is 0 Å². The molecule has 0 saturated heterocycles. The Morgan fingerprint density at radius 3 is 1.80 bits per heavy atom. The number of fused-ring (bicyclic) bond motifs is 9. The molecule has 2 heterocycles. The number of anilines is 3. The molecule has 0 saturated carbocycles. The molecule has 10 aromatic carbocycles. The van der Waals surface area contributed by atoms with Gasteiger partial charge in [-0.05, 0) is 99.1 Å². The maximum atomic E-state index is 6.95. The average Bonchev–Trinajstić information content (AvgIpc) is 4.01. The summed E-state index contributed by atoms with van der Waals surface area (Å²) in [7, 11) is 0. The van der Waals surface area contributed by atoms with Crippen molar-refractivity contribution in [2.45, 2.75) is 19.3 Å². The number of hydrogen-bond donors (Lipinski definition) is 0. The van der Waals surface area contributed by atoms with E-state index in [1.165, 1.54) is 60.8 Å². The molecule has 312 valence electrons. The molecular formula is C63H44N2O. The molecule has 0 unspecified atom stereocenters. The Hall–Kier alpha value is -8.40. The highest BCUT2D eigenvalue weighted by Crippen LogP contribution is 2.58. The summed E-state index contributed by atoms with van der Waals surface area (Å²) in [5, 5.41) is 4.62. The van der Waals surface area contributed by atoms with E-state index in [0.717, 1.165) is 61.4 Å². The van der Waals surface area contributed by atoms with Crippen molar-refractivity contribution in [2.75, 3.05) is 4.90 Å². The van der Waals surface area contributed by atoms with Crippen molar-refractivity contribution in [1.29, 1.82) is 0 Å². The van der Waals surface area contributed by atoms with Crippen molar-refractivity contribution in [2.24, 2.45) is 0 Å². The van der Waals surface area contributed by atoms with Crippen LogP contribution in [0.2, 0.25) is 0 Å². The summed E-state index contributed by atoms with van der Waals surface area (Å²) in [6, 6.07) is 83.8. The summed E-state index contributed by atoms with van der Waals surface area (Å²) in [6.45, 7) is 4.74. The van der Waals surface area contributed by atoms with Crippen molar-refractivity contribution >= 4 is 60.8 Å². The molecule has 3 heteroatoms. The topological polar surface area (TPSA) is 21.3 Å². The summed E-state index contributed by atoms with van der Waals surface area (Å²) in [4.78, 5) is 2.53. The van der Waals surface area contributed by atoms with Crippen LogP contribution in [0.3, 0.4) is 0 Å². The van der Waals surface area contributed by atoms with Gasteiger partial charge in [-0.1, -0.05) is 190 Å². The second kappa shape index (κ2) is 14.8. The van der Waals surface area contributed by atoms with E-state index in [0.29, 0.717) is 0 Å². The first-order valence-electron chi connectivity index (χ1n) is 22.8. The largest absolute Gasteiger partial charge is 0.456 e. The standard InChI is InChI=1S/C63H44N2O/c1-63(2)52-27-14-12-25-51(52)59-53(63)39-38-48(43-20-8-4-9-21-43)62(59)65(46-35-32-42(33-36-46)41-18-6-3-7-19-41)55-29-17-31-58-61(55)60-47(26-16-30-57(60)66-58)44-34-37-50-49-24-13-15-28-54(49)64(56(50)40-44)45-22-10-5-11-23-45/h3-40H,1-2H3. The number of furan rings is 1. The van der Waals surface area contributed by atoms with Gasteiger partial charge in [0.05, 0.1) is 27.8 Å². The van der Waals surface area contributed by atoms with E-state index in [1.807, 2.05) is 0 Å². The molecule has 0 atom stereocenters. The lowest BCUT2D eigenvalue weighted by Gasteiger charge is -2.32. The number of rotatable bonds is 7. The number of benzene rings is 10. The van der Waals surface area contributed by atoms with Crippen LogP contribution in [0, 0.1) is 0 Å². The molecule has 0 aliphatic heterocycles. The molecule has 0 fully saturated rings. The van der Waals surface area contributed by atoms with Gasteiger partial charge in [-0.2, -0.15) is 0 Å². The van der Waals surface area contributed by atoms with Crippen LogP contribution < -0.4 is 4.90 Å². The lowest BCUT2D eigenvalue weighted by atomic mass is 9.81. The van der Waals surface area contributed by atoms with Gasteiger partial charge in [0.1, 0.15) is 11.2 Å². The molecule has 0 N–H and O–H groups in total. The van der Waals surface area contributed by atoms with Gasteiger partial charge in [0.15, 0.2) is 0 Å². The molecule has 66 heavy (non-hydrogen) atoms. The van der Waals surface area contributed by atoms with Gasteiger partial charge < -0.3 is 13.9 Å². The lowest BCUT2D eigenvalue weighted by Crippen LogP contribution is -2.17. The zero-order valence-corrected chi connectivity index (χ0v) is 36.7. The highest BCUT2D eigenvalue weighted by Gasteiger charge is 2.39. The quantitative estimate of drug-likeness (QED) is 0.159. The van der Waals surface area contributed by atoms with Crippen molar-refractivity contribution in [3.8, 4) is 50.2 Å². The van der Waals surface area contributed by atoms with Crippen LogP contribution in [-0.4, -0.2) is 4.57 Å². The van der Waals surface area contributed by atoms with Gasteiger partial charge >= 0.3 is 0 Å². The zero-order valence-electron chi connectivity index (χ0n) is 36.7. The summed E-state index contributed by atoms with van der Waals surface area (Å²) in [5.41, 5.74) is 20.4. The predicted molar refractivity (Wildman–Crippen MR) is 277 cm³/mol. The van der Waals surface area contributed by atoms with Crippen LogP contribution in [0.4, 0.5) is 17.1 Å². The molecule has 0 radical (unpaired) electrons. The van der Waals surface area contributed by atoms with Crippen LogP contribution in [0.25, 0.3) is 93.9 Å². The molecule has 1 aliphatic carbocycles. The third-order valence-electron chi connectivity index (χ3n) is 14.0. The molecule has 12 aromatic rings. The molecule has 13 rings (SSSR count). The van der Waals surface area contributed by atoms with Gasteiger partial charge in [0.2, 0.25) is 0 Å². The second-order valence-electron chi connectivity index (χ2n) is 18.0. The maximum absolute atomic E-state index is 6.95. The number of nitrogens with zero attached hydrogens (tertiary/aromatic N) is 2. The summed E-state index contributed by atoms with van der Waals surface area (Å²) < 4.78 is 9.34. The minimum absolute atomic E-state index is 0.207. The van der Waals surface area contributed by atoms with E-state index in [-0.39, 0.29) is 5.41 Å². The van der Waals surface area contributed by atoms with Crippen LogP contribution in [0.5, 0.6) is 0 Å². The lowest BCUT2D eigenvalue weighted by molar-refractivity contribution is 0.660. The normalized spacial score (nSPS) is 12.8. The van der Waals surface area contributed by atoms with Crippen LogP contribution in [-0.2, 0) is 5.41 Å². The van der Waals surface area contributed by atoms with Crippen molar-refractivity contribution in [3.05, 3.63) is 242 Å². The van der Waals surface area contributed by atoms with E-state index in [4.69, 9.17) is 4.42 Å². The number of para-hydroxylation sites is 2. The SMILES string of the molecule is CC1(C)c2ccccc2-c2c1ccc(-c1ccccc1)c2N(c1ccc(-c2ccccc2)cc1)c1cccc2oc3cccc(-c4ccc5c6ccccc6n(-c6ccccc6)c5c4)c3c12. The molecule has 2 aromatic heterocycles. The molecule has 0 amide bonds. The molecular weight excluding hydrogens is 801 g/mol. The van der Waals surface area contributed by atoms with E-state index in [1.54, 1.807) is 0 Å². The monoisotopic (exact) mass is 844 g/mol. The van der Waals surface area contributed by atoms with Crippen LogP contribution >= 0.6 is 0 Å². The highest BCUT2D eigenvalue weighted by atomic mass is 16.3. The molecule has 3 nitrogen and oxygen atoms in total. The average molecular weight is 845 g/mol. The smallest absolute Gasteiger partial charge is 0.137 e. The van der Waals surface area contributed by atoms with Crippen LogP contribution in [0.15, 0.2) is 235 Å². The Bertz CT molecular complexity index is 3820. The Balaban J connectivity index is 1.12. The maximum Gasteiger partial charge on any atom is 0.137 e. The zero-order chi connectivity index (χ0) is 43.9. The first-order valence-corrected chi connectivity index (χ1v) is 22.8. The molecule has 0 bridgehead atoms. The van der Waals surface area contributed by atoms with Gasteiger partial charge in [0.25, 0.3) is 0 Å². The molecule has 1 aliphatic rings. The Morgan fingerprint density at radius 2 is 1.02 bits per heavy atom. The first kappa shape index (κ1) is 38.1. The van der Waals surface area contributed by atoms with Crippen molar-refractivity contribution in [3.63, 3.8) is 0 Å². The fraction of sp³-hybridized carbons (Fsp3) is 0.0476. The number of aromatic nitrogens is 1. The van der Waals surface area contributed by atoms with Crippen molar-refractivity contribution in [1.82, 2.24) is 4.57 Å². The summed E-state index contributed by atoms with van der Waals surface area (Å²) in [5.74, 6) is 0. The third-order valence-corrected chi connectivity index (χ3v) is 14.0. The van der Waals surface area contributed by atoms with E-state index >= 15 is 0 Å². The predicted octanol–water partition coefficient (Wildman–Crippen LogP) is 17.5. The van der Waals surface area contributed by atoms with Gasteiger partial charge in [0, 0.05) is 44.1 Å². The number of hydrogen-bond acceptors (Lipinski definition) is 2. The van der Waals surface area contributed by atoms with E-state index < -0.39 is 0 Å². The fourth-order valence-corrected chi connectivity index (χ4v) is 10.9. The second-order valence-corrected chi connectivity index (χ2v) is 18.0. The molecule has 0 spiro atoms. The Morgan fingerprint density at radius 1 is 0.409 bits per heavy atom. The minimum atomic E-state index is -0.207. The van der Waals surface area contributed by atoms with E-state index in [2.05, 4.69) is 254 Å². The Labute approximate surface area is 384 Å². The minimum Gasteiger partial charge on any atom is -0.456 e. The summed E-state index contributed by atoms with van der Waals surface area (Å²) in [6.07, 6.45) is 0. The van der Waals surface area contributed by atoms with E-state index in [9.17, 15) is 0 Å². The van der Waals surface area contributed by atoms with Crippen LogP contribution in [0.1, 0.15) is 25.0 Å². The van der Waals surface area contributed by atoms with Crippen molar-refractivity contribution < 1.29 is 4.42 Å². The fourth-order valence-electron chi connectivity index (χ4n) is 10.9. The Kier molecular flexibility index (Phi) is 8.56. The van der Waals surface area contributed by atoms with Gasteiger partial charge in [-0.3, -0.25) is 0 Å². The first-order chi connectivity index (χ1) is 32.5. The third kappa shape index (κ3) is 5.76.